The van der Waals surface area contributed by atoms with Crippen LogP contribution in [0.2, 0.25) is 0 Å². The Bertz CT molecular complexity index is 704. The highest BCUT2D eigenvalue weighted by Crippen LogP contribution is 2.29. The summed E-state index contributed by atoms with van der Waals surface area (Å²) in [6.07, 6.45) is 0. The number of anilines is 2. The molecule has 0 aromatic heterocycles. The van der Waals surface area contributed by atoms with E-state index in [0.717, 1.165) is 0 Å². The van der Waals surface area contributed by atoms with Gasteiger partial charge in [-0.3, -0.25) is 14.5 Å². The van der Waals surface area contributed by atoms with E-state index in [1.54, 1.807) is 43.3 Å². The SMILES string of the molecule is COc1ccccc1N(C(=O)CN)C(C)C(=O)Nc1ccccc1. The third kappa shape index (κ3) is 3.91. The van der Waals surface area contributed by atoms with E-state index in [4.69, 9.17) is 10.5 Å². The summed E-state index contributed by atoms with van der Waals surface area (Å²) >= 11 is 0. The molecule has 0 radical (unpaired) electrons. The molecule has 24 heavy (non-hydrogen) atoms. The fraction of sp³-hybridized carbons (Fsp3) is 0.222. The lowest BCUT2D eigenvalue weighted by atomic mass is 10.1. The molecule has 2 aromatic carbocycles. The van der Waals surface area contributed by atoms with Crippen molar-refractivity contribution < 1.29 is 14.3 Å². The maximum Gasteiger partial charge on any atom is 0.247 e. The number of carbonyl (C=O) groups is 2. The number of amides is 2. The molecule has 0 fully saturated rings. The zero-order chi connectivity index (χ0) is 17.5. The van der Waals surface area contributed by atoms with Gasteiger partial charge in [0, 0.05) is 5.69 Å². The molecule has 0 saturated heterocycles. The van der Waals surface area contributed by atoms with E-state index in [2.05, 4.69) is 5.32 Å². The van der Waals surface area contributed by atoms with E-state index in [9.17, 15) is 9.59 Å². The minimum atomic E-state index is -0.752. The molecule has 0 heterocycles. The van der Waals surface area contributed by atoms with Gasteiger partial charge < -0.3 is 15.8 Å². The van der Waals surface area contributed by atoms with Crippen molar-refractivity contribution in [1.29, 1.82) is 0 Å². The van der Waals surface area contributed by atoms with Crippen LogP contribution in [-0.4, -0.2) is 31.5 Å². The van der Waals surface area contributed by atoms with Crippen molar-refractivity contribution >= 4 is 23.2 Å². The maximum absolute atomic E-state index is 12.6. The molecular weight excluding hydrogens is 306 g/mol. The number of benzene rings is 2. The molecule has 2 amide bonds. The lowest BCUT2D eigenvalue weighted by molar-refractivity contribution is -0.122. The van der Waals surface area contributed by atoms with Crippen LogP contribution in [0.25, 0.3) is 0 Å². The van der Waals surface area contributed by atoms with E-state index >= 15 is 0 Å². The number of nitrogens with zero attached hydrogens (tertiary/aromatic N) is 1. The normalized spacial score (nSPS) is 11.5. The van der Waals surface area contributed by atoms with E-state index in [0.29, 0.717) is 17.1 Å². The summed E-state index contributed by atoms with van der Waals surface area (Å²) in [5.41, 5.74) is 6.70. The fourth-order valence-corrected chi connectivity index (χ4v) is 2.37. The largest absolute Gasteiger partial charge is 0.495 e. The smallest absolute Gasteiger partial charge is 0.247 e. The van der Waals surface area contributed by atoms with Crippen molar-refractivity contribution in [2.45, 2.75) is 13.0 Å². The first kappa shape index (κ1) is 17.5. The van der Waals surface area contributed by atoms with Crippen molar-refractivity contribution in [2.75, 3.05) is 23.9 Å². The zero-order valence-corrected chi connectivity index (χ0v) is 13.7. The maximum atomic E-state index is 12.6. The van der Waals surface area contributed by atoms with Crippen LogP contribution in [0, 0.1) is 0 Å². The zero-order valence-electron chi connectivity index (χ0n) is 13.7. The summed E-state index contributed by atoms with van der Waals surface area (Å²) in [5, 5.41) is 2.79. The predicted molar refractivity (Wildman–Crippen MR) is 94.1 cm³/mol. The molecule has 1 unspecified atom stereocenters. The van der Waals surface area contributed by atoms with Crippen molar-refractivity contribution in [2.24, 2.45) is 5.73 Å². The Balaban J connectivity index is 2.30. The number of nitrogens with two attached hydrogens (primary N) is 1. The predicted octanol–water partition coefficient (Wildman–Crippen LogP) is 2.01. The first-order chi connectivity index (χ1) is 11.6. The number of hydrogen-bond acceptors (Lipinski definition) is 4. The molecular formula is C18H21N3O3. The van der Waals surface area contributed by atoms with Crippen LogP contribution in [0.3, 0.4) is 0 Å². The fourth-order valence-electron chi connectivity index (χ4n) is 2.37. The molecule has 0 aliphatic heterocycles. The average Bonchev–Trinajstić information content (AvgIpc) is 2.62. The van der Waals surface area contributed by atoms with Gasteiger partial charge in [0.15, 0.2) is 0 Å². The highest BCUT2D eigenvalue weighted by molar-refractivity contribution is 6.06. The van der Waals surface area contributed by atoms with Gasteiger partial charge >= 0.3 is 0 Å². The highest BCUT2D eigenvalue weighted by atomic mass is 16.5. The lowest BCUT2D eigenvalue weighted by Gasteiger charge is -2.29. The molecule has 0 saturated carbocycles. The minimum Gasteiger partial charge on any atom is -0.495 e. The van der Waals surface area contributed by atoms with E-state index in [-0.39, 0.29) is 18.4 Å². The first-order valence-electron chi connectivity index (χ1n) is 7.59. The lowest BCUT2D eigenvalue weighted by Crippen LogP contribution is -2.48. The van der Waals surface area contributed by atoms with Gasteiger partial charge in [-0.25, -0.2) is 0 Å². The quantitative estimate of drug-likeness (QED) is 0.850. The highest BCUT2D eigenvalue weighted by Gasteiger charge is 2.28. The van der Waals surface area contributed by atoms with Gasteiger partial charge in [0.05, 0.1) is 19.3 Å². The van der Waals surface area contributed by atoms with Crippen LogP contribution in [0.1, 0.15) is 6.92 Å². The number of hydrogen-bond donors (Lipinski definition) is 2. The Hall–Kier alpha value is -2.86. The second-order valence-corrected chi connectivity index (χ2v) is 5.17. The van der Waals surface area contributed by atoms with Crippen LogP contribution in [0.4, 0.5) is 11.4 Å². The molecule has 0 bridgehead atoms. The summed E-state index contributed by atoms with van der Waals surface area (Å²) in [4.78, 5) is 26.3. The van der Waals surface area contributed by atoms with Crippen LogP contribution in [0.5, 0.6) is 5.75 Å². The molecule has 2 aromatic rings. The van der Waals surface area contributed by atoms with E-state index in [1.165, 1.54) is 12.0 Å². The van der Waals surface area contributed by atoms with E-state index in [1.807, 2.05) is 18.2 Å². The second-order valence-electron chi connectivity index (χ2n) is 5.17. The average molecular weight is 327 g/mol. The number of ether oxygens (including phenoxy) is 1. The van der Waals surface area contributed by atoms with Gasteiger partial charge in [-0.1, -0.05) is 30.3 Å². The summed E-state index contributed by atoms with van der Waals surface area (Å²) in [5.74, 6) is -0.178. The molecule has 6 heteroatoms. The topological polar surface area (TPSA) is 84.7 Å². The Labute approximate surface area is 141 Å². The van der Waals surface area contributed by atoms with E-state index < -0.39 is 6.04 Å². The molecule has 126 valence electrons. The van der Waals surface area contributed by atoms with Gasteiger partial charge in [0.2, 0.25) is 11.8 Å². The summed E-state index contributed by atoms with van der Waals surface area (Å²) in [6.45, 7) is 1.44. The third-order valence-corrected chi connectivity index (χ3v) is 3.60. The number of nitrogens with one attached hydrogen (secondary N) is 1. The Morgan fingerprint density at radius 2 is 1.75 bits per heavy atom. The molecule has 6 nitrogen and oxygen atoms in total. The molecule has 0 aliphatic carbocycles. The van der Waals surface area contributed by atoms with Crippen molar-refractivity contribution in [3.63, 3.8) is 0 Å². The van der Waals surface area contributed by atoms with Crippen molar-refractivity contribution in [1.82, 2.24) is 0 Å². The Morgan fingerprint density at radius 1 is 1.12 bits per heavy atom. The molecule has 3 N–H and O–H groups in total. The Kier molecular flexibility index (Phi) is 5.92. The van der Waals surface area contributed by atoms with Crippen LogP contribution in [-0.2, 0) is 9.59 Å². The Morgan fingerprint density at radius 3 is 2.38 bits per heavy atom. The monoisotopic (exact) mass is 327 g/mol. The van der Waals surface area contributed by atoms with Crippen molar-refractivity contribution in [3.05, 3.63) is 54.6 Å². The van der Waals surface area contributed by atoms with Gasteiger partial charge in [0.25, 0.3) is 0 Å². The minimum absolute atomic E-state index is 0.207. The molecule has 1 atom stereocenters. The molecule has 0 spiro atoms. The second kappa shape index (κ2) is 8.12. The summed E-state index contributed by atoms with van der Waals surface area (Å²) in [7, 11) is 1.51. The van der Waals surface area contributed by atoms with Crippen LogP contribution in [0.15, 0.2) is 54.6 Å². The summed E-state index contributed by atoms with van der Waals surface area (Å²) < 4.78 is 5.30. The van der Waals surface area contributed by atoms with Crippen LogP contribution >= 0.6 is 0 Å². The molecule has 0 aliphatic rings. The third-order valence-electron chi connectivity index (χ3n) is 3.60. The number of rotatable bonds is 6. The van der Waals surface area contributed by atoms with Gasteiger partial charge in [-0.2, -0.15) is 0 Å². The number of methoxy groups -OCH3 is 1. The van der Waals surface area contributed by atoms with Crippen LogP contribution < -0.4 is 20.7 Å². The van der Waals surface area contributed by atoms with Gasteiger partial charge in [-0.15, -0.1) is 0 Å². The number of carbonyl (C=O) groups excluding carboxylic acids is 2. The van der Waals surface area contributed by atoms with Gasteiger partial charge in [-0.05, 0) is 31.2 Å². The molecule has 2 rings (SSSR count). The number of para-hydroxylation sites is 3. The van der Waals surface area contributed by atoms with Gasteiger partial charge in [0.1, 0.15) is 11.8 Å². The standard InChI is InChI=1S/C18H21N3O3/c1-13(18(23)20-14-8-4-3-5-9-14)21(17(22)12-19)15-10-6-7-11-16(15)24-2/h3-11,13H,12,19H2,1-2H3,(H,20,23). The first-order valence-corrected chi connectivity index (χ1v) is 7.59. The summed E-state index contributed by atoms with van der Waals surface area (Å²) in [6, 6.07) is 15.3. The van der Waals surface area contributed by atoms with Crippen molar-refractivity contribution in [3.8, 4) is 5.75 Å².